The van der Waals surface area contributed by atoms with Gasteiger partial charge in [0.1, 0.15) is 30.1 Å². The molecule has 0 amide bonds. The van der Waals surface area contributed by atoms with Crippen molar-refractivity contribution in [3.05, 3.63) is 58.5 Å². The van der Waals surface area contributed by atoms with Gasteiger partial charge in [0.15, 0.2) is 21.9 Å². The number of nitrogens with zero attached hydrogens (tertiary/aromatic N) is 7. The molecule has 9 nitrogen and oxygen atoms in total. The maximum Gasteiger partial charge on any atom is 0.434 e. The number of benzene rings is 1. The topological polar surface area (TPSA) is 101 Å². The van der Waals surface area contributed by atoms with E-state index in [-0.39, 0.29) is 29.8 Å². The fourth-order valence-electron chi connectivity index (χ4n) is 4.36. The Balaban J connectivity index is 1.33. The first kappa shape index (κ1) is 26.0. The van der Waals surface area contributed by atoms with Crippen molar-refractivity contribution in [3.8, 4) is 34.5 Å². The van der Waals surface area contributed by atoms with Crippen LogP contribution in [0.3, 0.4) is 0 Å². The number of aryl methyl sites for hydroxylation is 2. The van der Waals surface area contributed by atoms with Crippen LogP contribution >= 0.6 is 11.3 Å². The van der Waals surface area contributed by atoms with E-state index in [2.05, 4.69) is 24.9 Å². The first-order chi connectivity index (χ1) is 19.1. The molecule has 1 aliphatic rings. The predicted octanol–water partition coefficient (Wildman–Crippen LogP) is 5.88. The van der Waals surface area contributed by atoms with Crippen LogP contribution in [-0.2, 0) is 19.8 Å². The van der Waals surface area contributed by atoms with Gasteiger partial charge in [-0.05, 0) is 37.5 Å². The van der Waals surface area contributed by atoms with Crippen molar-refractivity contribution in [3.63, 3.8) is 0 Å². The first-order valence-corrected chi connectivity index (χ1v) is 13.0. The molecule has 6 rings (SSSR count). The van der Waals surface area contributed by atoms with Crippen molar-refractivity contribution in [2.24, 2.45) is 7.05 Å². The van der Waals surface area contributed by atoms with E-state index in [4.69, 9.17) is 14.5 Å². The van der Waals surface area contributed by atoms with Crippen LogP contribution in [0, 0.1) is 12.7 Å². The highest BCUT2D eigenvalue weighted by atomic mass is 32.1. The molecule has 14 heteroatoms. The molecule has 0 atom stereocenters. The molecular formula is C26H21F4N7O2S. The Morgan fingerprint density at radius 3 is 2.55 bits per heavy atom. The van der Waals surface area contributed by atoms with Crippen LogP contribution in [0.2, 0.25) is 0 Å². The Bertz CT molecular complexity index is 1750. The van der Waals surface area contributed by atoms with Gasteiger partial charge in [-0.3, -0.25) is 0 Å². The predicted molar refractivity (Wildman–Crippen MR) is 137 cm³/mol. The third-order valence-electron chi connectivity index (χ3n) is 6.37. The van der Waals surface area contributed by atoms with Crippen LogP contribution in [0.15, 0.2) is 30.7 Å². The molecule has 0 saturated heterocycles. The molecule has 1 aliphatic carbocycles. The molecule has 206 valence electrons. The number of halogens is 4. The second-order valence-corrected chi connectivity index (χ2v) is 10.5. The number of fused-ring (bicyclic) bond motifs is 1. The first-order valence-electron chi connectivity index (χ1n) is 12.2. The lowest BCUT2D eigenvalue weighted by Crippen LogP contribution is -2.05. The molecule has 40 heavy (non-hydrogen) atoms. The normalized spacial score (nSPS) is 13.7. The molecule has 0 radical (unpaired) electrons. The Morgan fingerprint density at radius 2 is 1.88 bits per heavy atom. The smallest absolute Gasteiger partial charge is 0.434 e. The second-order valence-electron chi connectivity index (χ2n) is 9.32. The van der Waals surface area contributed by atoms with Crippen molar-refractivity contribution in [1.29, 1.82) is 0 Å². The van der Waals surface area contributed by atoms with Gasteiger partial charge in [0.2, 0.25) is 11.8 Å². The van der Waals surface area contributed by atoms with Crippen molar-refractivity contribution >= 4 is 21.7 Å². The third-order valence-corrected chi connectivity index (χ3v) is 7.24. The Morgan fingerprint density at radius 1 is 1.07 bits per heavy atom. The van der Waals surface area contributed by atoms with Gasteiger partial charge in [0.05, 0.1) is 23.4 Å². The van der Waals surface area contributed by atoms with Crippen molar-refractivity contribution < 1.29 is 27.0 Å². The quantitative estimate of drug-likeness (QED) is 0.224. The molecule has 1 fully saturated rings. The van der Waals surface area contributed by atoms with Crippen molar-refractivity contribution in [1.82, 2.24) is 34.5 Å². The van der Waals surface area contributed by atoms with E-state index in [1.807, 2.05) is 6.92 Å². The summed E-state index contributed by atoms with van der Waals surface area (Å²) in [5, 5.41) is 0.758. The summed E-state index contributed by atoms with van der Waals surface area (Å²) in [5.74, 6) is 0.280. The molecule has 1 aromatic carbocycles. The average molecular weight is 572 g/mol. The Hall–Kier alpha value is -4.20. The zero-order valence-corrected chi connectivity index (χ0v) is 22.3. The summed E-state index contributed by atoms with van der Waals surface area (Å²) in [4.78, 5) is 26.7. The van der Waals surface area contributed by atoms with E-state index in [9.17, 15) is 13.2 Å². The average Bonchev–Trinajstić information content (AvgIpc) is 3.58. The summed E-state index contributed by atoms with van der Waals surface area (Å²) in [7, 11) is 2.89. The van der Waals surface area contributed by atoms with E-state index in [0.29, 0.717) is 33.2 Å². The zero-order chi connectivity index (χ0) is 28.2. The van der Waals surface area contributed by atoms with Crippen LogP contribution in [0.4, 0.5) is 17.6 Å². The number of rotatable bonds is 7. The number of aromatic nitrogens is 7. The minimum absolute atomic E-state index is 0.0626. The maximum absolute atomic E-state index is 15.0. The highest BCUT2D eigenvalue weighted by Crippen LogP contribution is 2.45. The molecule has 0 bridgehead atoms. The molecule has 1 saturated carbocycles. The van der Waals surface area contributed by atoms with Crippen LogP contribution in [-0.4, -0.2) is 41.6 Å². The number of hydrogen-bond donors (Lipinski definition) is 0. The summed E-state index contributed by atoms with van der Waals surface area (Å²) in [6.07, 6.45) is -0.367. The summed E-state index contributed by atoms with van der Waals surface area (Å²) < 4.78 is 66.9. The monoisotopic (exact) mass is 571 g/mol. The van der Waals surface area contributed by atoms with Gasteiger partial charge in [0, 0.05) is 19.2 Å². The summed E-state index contributed by atoms with van der Waals surface area (Å²) in [6.45, 7) is 1.76. The van der Waals surface area contributed by atoms with Gasteiger partial charge in [-0.2, -0.15) is 18.2 Å². The molecule has 0 unspecified atom stereocenters. The van der Waals surface area contributed by atoms with E-state index < -0.39 is 17.7 Å². The SMILES string of the molecule is COc1ncnc(C2CC2)c1-c1nc(OCc2ccc(-c3nc(C(F)(F)F)cn3C)c(F)c2)c2nc(C)sc2n1. The lowest BCUT2D eigenvalue weighted by atomic mass is 10.1. The van der Waals surface area contributed by atoms with Gasteiger partial charge in [-0.15, -0.1) is 0 Å². The van der Waals surface area contributed by atoms with Gasteiger partial charge < -0.3 is 14.0 Å². The largest absolute Gasteiger partial charge is 0.480 e. The van der Waals surface area contributed by atoms with Crippen LogP contribution in [0.25, 0.3) is 33.1 Å². The summed E-state index contributed by atoms with van der Waals surface area (Å²) >= 11 is 1.37. The van der Waals surface area contributed by atoms with E-state index in [1.54, 1.807) is 6.07 Å². The third kappa shape index (κ3) is 4.83. The minimum atomic E-state index is -4.63. The minimum Gasteiger partial charge on any atom is -0.480 e. The zero-order valence-electron chi connectivity index (χ0n) is 21.5. The van der Waals surface area contributed by atoms with E-state index >= 15 is 4.39 Å². The molecular weight excluding hydrogens is 550 g/mol. The molecule has 0 N–H and O–H groups in total. The maximum atomic E-state index is 15.0. The van der Waals surface area contributed by atoms with Gasteiger partial charge in [-0.1, -0.05) is 17.4 Å². The number of hydrogen-bond acceptors (Lipinski definition) is 9. The highest BCUT2D eigenvalue weighted by molar-refractivity contribution is 7.18. The number of methoxy groups -OCH3 is 1. The molecule has 4 aromatic heterocycles. The van der Waals surface area contributed by atoms with Crippen LogP contribution in [0.1, 0.15) is 40.7 Å². The van der Waals surface area contributed by atoms with Gasteiger partial charge in [0.25, 0.3) is 0 Å². The lowest BCUT2D eigenvalue weighted by molar-refractivity contribution is -0.140. The number of thiazole rings is 1. The summed E-state index contributed by atoms with van der Waals surface area (Å²) in [6, 6.07) is 4.13. The Kier molecular flexibility index (Phi) is 6.36. The standard InChI is InChI=1S/C26H21F4N7O2S/c1-12-33-20-24(35-21(36-25(20)40-12)18-19(14-5-6-14)31-11-32-23(18)38-3)39-10-13-4-7-15(16(27)8-13)22-34-17(9-37(22)2)26(28,29)30/h4,7-9,11,14H,5-6,10H2,1-3H3. The molecule has 4 heterocycles. The van der Waals surface area contributed by atoms with E-state index in [1.165, 1.54) is 44.0 Å². The molecule has 5 aromatic rings. The fourth-order valence-corrected chi connectivity index (χ4v) is 5.14. The highest BCUT2D eigenvalue weighted by Gasteiger charge is 2.35. The number of ether oxygens (including phenoxy) is 2. The second kappa shape index (κ2) is 9.77. The van der Waals surface area contributed by atoms with Gasteiger partial charge in [-0.25, -0.2) is 29.3 Å². The lowest BCUT2D eigenvalue weighted by Gasteiger charge is -2.12. The molecule has 0 aliphatic heterocycles. The van der Waals surface area contributed by atoms with Crippen molar-refractivity contribution in [2.75, 3.05) is 7.11 Å². The van der Waals surface area contributed by atoms with Crippen LogP contribution < -0.4 is 9.47 Å². The van der Waals surface area contributed by atoms with Crippen molar-refractivity contribution in [2.45, 2.75) is 38.5 Å². The fraction of sp³-hybridized carbons (Fsp3) is 0.308. The number of imidazole rings is 1. The molecule has 0 spiro atoms. The summed E-state index contributed by atoms with van der Waals surface area (Å²) in [5.41, 5.74) is 1.13. The Labute approximate surface area is 228 Å². The van der Waals surface area contributed by atoms with Crippen LogP contribution in [0.5, 0.6) is 11.8 Å². The van der Waals surface area contributed by atoms with Gasteiger partial charge >= 0.3 is 6.18 Å². The van der Waals surface area contributed by atoms with E-state index in [0.717, 1.165) is 34.3 Å². The number of alkyl halides is 3.